The normalized spacial score (nSPS) is 13.2. The largest absolute Gasteiger partial charge is 0.325 e. The molecule has 0 fully saturated rings. The lowest BCUT2D eigenvalue weighted by molar-refractivity contribution is 0.458. The van der Waals surface area contributed by atoms with Gasteiger partial charge in [-0.3, -0.25) is 16.0 Å². The Morgan fingerprint density at radius 1 is 1.11 bits per heavy atom. The molecule has 0 rings (SSSR count). The second kappa shape index (κ2) is 2.82. The molecule has 0 saturated heterocycles. The Bertz CT molecular complexity index is 121. The SMILES string of the molecule is [CH2-]P(=O)(N(C)C)N(C)C. The molecule has 0 bridgehead atoms. The zero-order valence-electron chi connectivity index (χ0n) is 6.46. The van der Waals surface area contributed by atoms with E-state index in [4.69, 9.17) is 0 Å². The van der Waals surface area contributed by atoms with Crippen LogP contribution in [0.3, 0.4) is 0 Å². The molecule has 0 saturated carbocycles. The van der Waals surface area contributed by atoms with E-state index in [9.17, 15) is 4.57 Å². The zero-order chi connectivity index (χ0) is 7.65. The second-order valence-electron chi connectivity index (χ2n) is 2.36. The van der Waals surface area contributed by atoms with Gasteiger partial charge in [0.25, 0.3) is 0 Å². The van der Waals surface area contributed by atoms with Crippen molar-refractivity contribution in [1.82, 2.24) is 9.34 Å². The molecule has 0 radical (unpaired) electrons. The first-order chi connectivity index (χ1) is 3.89. The minimum absolute atomic E-state index is 1.63. The van der Waals surface area contributed by atoms with Crippen molar-refractivity contribution in [3.8, 4) is 0 Å². The van der Waals surface area contributed by atoms with Gasteiger partial charge in [-0.15, -0.1) is 0 Å². The van der Waals surface area contributed by atoms with Crippen LogP contribution in [0.2, 0.25) is 0 Å². The van der Waals surface area contributed by atoms with Crippen LogP contribution in [0.25, 0.3) is 0 Å². The van der Waals surface area contributed by atoms with Crippen LogP contribution in [0.15, 0.2) is 0 Å². The highest BCUT2D eigenvalue weighted by molar-refractivity contribution is 7.60. The minimum atomic E-state index is -2.42. The predicted molar refractivity (Wildman–Crippen MR) is 40.3 cm³/mol. The van der Waals surface area contributed by atoms with E-state index in [2.05, 4.69) is 6.66 Å². The molecule has 0 amide bonds. The Labute approximate surface area is 57.1 Å². The summed E-state index contributed by atoms with van der Waals surface area (Å²) < 4.78 is 14.6. The van der Waals surface area contributed by atoms with Gasteiger partial charge in [-0.2, -0.15) is 0 Å². The Kier molecular flexibility index (Phi) is 2.87. The molecule has 56 valence electrons. The van der Waals surface area contributed by atoms with E-state index in [1.807, 2.05) is 0 Å². The van der Waals surface area contributed by atoms with E-state index in [1.165, 1.54) is 0 Å². The summed E-state index contributed by atoms with van der Waals surface area (Å²) in [7, 11) is 4.61. The van der Waals surface area contributed by atoms with Gasteiger partial charge in [0.1, 0.15) is 0 Å². The summed E-state index contributed by atoms with van der Waals surface area (Å²) >= 11 is 0. The molecule has 0 aromatic carbocycles. The monoisotopic (exact) mass is 149 g/mol. The van der Waals surface area contributed by atoms with Crippen LogP contribution >= 0.6 is 7.44 Å². The average Bonchev–Trinajstić information content (AvgIpc) is 1.65. The van der Waals surface area contributed by atoms with Gasteiger partial charge in [-0.05, 0) is 28.2 Å². The molecule has 0 aromatic rings. The standard InChI is InChI=1S/C5H14N2OP/c1-6(2)9(5,8)7(3)4/h5H2,1-4H3/q-1. The third-order valence-corrected chi connectivity index (χ3v) is 3.75. The molecule has 0 N–H and O–H groups in total. The van der Waals surface area contributed by atoms with Crippen LogP contribution in [0.5, 0.6) is 0 Å². The molecule has 3 nitrogen and oxygen atoms in total. The van der Waals surface area contributed by atoms with Crippen LogP contribution in [-0.4, -0.2) is 37.5 Å². The lowest BCUT2D eigenvalue weighted by Gasteiger charge is -2.33. The summed E-state index contributed by atoms with van der Waals surface area (Å²) in [6.45, 7) is 3.58. The summed E-state index contributed by atoms with van der Waals surface area (Å²) in [6, 6.07) is 0. The van der Waals surface area contributed by atoms with Gasteiger partial charge in [0, 0.05) is 0 Å². The van der Waals surface area contributed by atoms with Crippen molar-refractivity contribution in [2.24, 2.45) is 0 Å². The van der Waals surface area contributed by atoms with Gasteiger partial charge in [0.15, 0.2) is 0 Å². The van der Waals surface area contributed by atoms with Crippen molar-refractivity contribution < 1.29 is 4.57 Å². The van der Waals surface area contributed by atoms with E-state index < -0.39 is 7.44 Å². The Hall–Kier alpha value is 0.150. The van der Waals surface area contributed by atoms with E-state index in [0.717, 1.165) is 0 Å². The fourth-order valence-corrected chi connectivity index (χ4v) is 1.07. The Morgan fingerprint density at radius 2 is 1.33 bits per heavy atom. The van der Waals surface area contributed by atoms with Crippen LogP contribution < -0.4 is 0 Å². The van der Waals surface area contributed by atoms with Gasteiger partial charge < -0.3 is 4.57 Å². The first-order valence-corrected chi connectivity index (χ1v) is 4.49. The highest BCUT2D eigenvalue weighted by Crippen LogP contribution is 2.46. The van der Waals surface area contributed by atoms with E-state index >= 15 is 0 Å². The topological polar surface area (TPSA) is 23.6 Å². The summed E-state index contributed by atoms with van der Waals surface area (Å²) in [5.41, 5.74) is 0. The predicted octanol–water partition coefficient (Wildman–Crippen LogP) is 1.09. The van der Waals surface area contributed by atoms with Crippen molar-refractivity contribution in [3.63, 3.8) is 0 Å². The Balaban J connectivity index is 4.21. The van der Waals surface area contributed by atoms with Gasteiger partial charge in [-0.1, -0.05) is 0 Å². The van der Waals surface area contributed by atoms with Gasteiger partial charge in [0.2, 0.25) is 0 Å². The zero-order valence-corrected chi connectivity index (χ0v) is 7.35. The van der Waals surface area contributed by atoms with Crippen LogP contribution in [0.1, 0.15) is 0 Å². The van der Waals surface area contributed by atoms with Crippen molar-refractivity contribution in [1.29, 1.82) is 0 Å². The quantitative estimate of drug-likeness (QED) is 0.434. The average molecular weight is 149 g/mol. The van der Waals surface area contributed by atoms with Crippen molar-refractivity contribution in [3.05, 3.63) is 6.66 Å². The van der Waals surface area contributed by atoms with Gasteiger partial charge in [0.05, 0.1) is 7.44 Å². The third-order valence-electron chi connectivity index (χ3n) is 1.25. The van der Waals surface area contributed by atoms with Crippen LogP contribution in [0.4, 0.5) is 0 Å². The number of rotatable bonds is 2. The van der Waals surface area contributed by atoms with E-state index in [1.54, 1.807) is 37.5 Å². The van der Waals surface area contributed by atoms with Crippen molar-refractivity contribution in [2.45, 2.75) is 0 Å². The van der Waals surface area contributed by atoms with Crippen molar-refractivity contribution >= 4 is 7.44 Å². The van der Waals surface area contributed by atoms with Crippen molar-refractivity contribution in [2.75, 3.05) is 28.2 Å². The summed E-state index contributed by atoms with van der Waals surface area (Å²) in [6.07, 6.45) is 0. The molecular weight excluding hydrogens is 135 g/mol. The summed E-state index contributed by atoms with van der Waals surface area (Å²) in [5, 5.41) is 0. The maximum atomic E-state index is 11.4. The first kappa shape index (κ1) is 9.15. The molecule has 0 unspecified atom stereocenters. The molecule has 0 aliphatic heterocycles. The lowest BCUT2D eigenvalue weighted by Crippen LogP contribution is -2.18. The lowest BCUT2D eigenvalue weighted by atomic mass is 11.3. The molecule has 0 heterocycles. The second-order valence-corrected chi connectivity index (χ2v) is 5.29. The number of nitrogens with zero attached hydrogens (tertiary/aromatic N) is 2. The molecule has 0 aliphatic rings. The van der Waals surface area contributed by atoms with Gasteiger partial charge in [-0.25, -0.2) is 0 Å². The van der Waals surface area contributed by atoms with Gasteiger partial charge >= 0.3 is 0 Å². The number of hydrogen-bond donors (Lipinski definition) is 0. The number of hydrogen-bond acceptors (Lipinski definition) is 1. The van der Waals surface area contributed by atoms with E-state index in [0.29, 0.717) is 0 Å². The fourth-order valence-electron chi connectivity index (χ4n) is 0.358. The molecule has 0 aliphatic carbocycles. The molecule has 4 heteroatoms. The van der Waals surface area contributed by atoms with E-state index in [-0.39, 0.29) is 0 Å². The smallest absolute Gasteiger partial charge is 0.0740 e. The third kappa shape index (κ3) is 2.09. The summed E-state index contributed by atoms with van der Waals surface area (Å²) in [5.74, 6) is 0. The molecule has 0 spiro atoms. The molecule has 9 heavy (non-hydrogen) atoms. The maximum Gasteiger partial charge on any atom is 0.0740 e. The summed E-state index contributed by atoms with van der Waals surface area (Å²) in [4.78, 5) is 0. The van der Waals surface area contributed by atoms with Crippen LogP contribution in [-0.2, 0) is 4.57 Å². The maximum absolute atomic E-state index is 11.4. The highest BCUT2D eigenvalue weighted by Gasteiger charge is 2.11. The highest BCUT2D eigenvalue weighted by atomic mass is 31.2. The Morgan fingerprint density at radius 3 is 1.33 bits per heavy atom. The molecular formula is C5H14N2OP-. The molecule has 0 atom stereocenters. The van der Waals surface area contributed by atoms with Crippen LogP contribution in [0, 0.1) is 6.66 Å². The molecule has 0 aromatic heterocycles. The first-order valence-electron chi connectivity index (χ1n) is 2.69. The fraction of sp³-hybridized carbons (Fsp3) is 0.800. The minimum Gasteiger partial charge on any atom is -0.325 e.